The largest absolute Gasteiger partial charge is 0.493 e. The smallest absolute Gasteiger partial charge is 0.270 e. The van der Waals surface area contributed by atoms with Crippen molar-refractivity contribution in [3.8, 4) is 11.5 Å². The zero-order valence-electron chi connectivity index (χ0n) is 15.9. The van der Waals surface area contributed by atoms with E-state index in [0.29, 0.717) is 20.7 Å². The van der Waals surface area contributed by atoms with Gasteiger partial charge in [-0.2, -0.15) is 0 Å². The molecule has 0 aliphatic carbocycles. The first-order valence-electron chi connectivity index (χ1n) is 8.32. The van der Waals surface area contributed by atoms with Crippen LogP contribution in [-0.2, 0) is 4.79 Å². The van der Waals surface area contributed by atoms with Gasteiger partial charge in [-0.3, -0.25) is 9.69 Å². The van der Waals surface area contributed by atoms with Crippen LogP contribution in [0.4, 0.5) is 11.4 Å². The van der Waals surface area contributed by atoms with Gasteiger partial charge in [-0.1, -0.05) is 24.0 Å². The van der Waals surface area contributed by atoms with Gasteiger partial charge in [-0.05, 0) is 64.0 Å². The van der Waals surface area contributed by atoms with Gasteiger partial charge in [0.25, 0.3) is 5.91 Å². The SMILES string of the molecule is COc1cc(/C=C2/SC(=S)N(c3ccc(N(C)C)cc3)C2=O)cc(Br)c1OC. The molecule has 2 aromatic rings. The zero-order valence-corrected chi connectivity index (χ0v) is 19.1. The number of carbonyl (C=O) groups excluding carboxylic acids is 1. The van der Waals surface area contributed by atoms with E-state index in [0.717, 1.165) is 21.4 Å². The lowest BCUT2D eigenvalue weighted by Gasteiger charge is -2.17. The summed E-state index contributed by atoms with van der Waals surface area (Å²) in [5.74, 6) is 1.05. The number of ether oxygens (including phenoxy) is 2. The summed E-state index contributed by atoms with van der Waals surface area (Å²) in [5.41, 5.74) is 2.62. The molecule has 1 fully saturated rings. The van der Waals surface area contributed by atoms with Gasteiger partial charge in [0.1, 0.15) is 0 Å². The Kier molecular flexibility index (Phi) is 6.32. The summed E-state index contributed by atoms with van der Waals surface area (Å²) in [6, 6.07) is 11.4. The Bertz CT molecular complexity index is 959. The Morgan fingerprint density at radius 1 is 1.14 bits per heavy atom. The topological polar surface area (TPSA) is 42.0 Å². The molecule has 0 bridgehead atoms. The number of carbonyl (C=O) groups is 1. The van der Waals surface area contributed by atoms with Crippen LogP contribution in [-0.4, -0.2) is 38.5 Å². The molecule has 1 aliphatic rings. The average Bonchev–Trinajstić information content (AvgIpc) is 2.94. The van der Waals surface area contributed by atoms with E-state index in [1.807, 2.05) is 55.4 Å². The number of hydrogen-bond acceptors (Lipinski definition) is 6. The first kappa shape index (κ1) is 20.7. The fourth-order valence-corrected chi connectivity index (χ4v) is 4.68. The molecule has 3 rings (SSSR count). The molecule has 0 spiro atoms. The summed E-state index contributed by atoms with van der Waals surface area (Å²) in [4.78, 5) is 17.1. The highest BCUT2D eigenvalue weighted by atomic mass is 79.9. The van der Waals surface area contributed by atoms with Crippen molar-refractivity contribution in [2.24, 2.45) is 0 Å². The molecule has 8 heteroatoms. The number of amides is 1. The number of nitrogens with zero attached hydrogens (tertiary/aromatic N) is 2. The molecule has 0 N–H and O–H groups in total. The van der Waals surface area contributed by atoms with Crippen molar-refractivity contribution >= 4 is 67.6 Å². The summed E-state index contributed by atoms with van der Waals surface area (Å²) in [5, 5.41) is 0. The standard InChI is InChI=1S/C20H19BrN2O3S2/c1-22(2)13-5-7-14(8-6-13)23-19(24)17(28-20(23)27)11-12-9-15(21)18(26-4)16(10-12)25-3/h5-11H,1-4H3/b17-11+. The Morgan fingerprint density at radius 3 is 2.39 bits per heavy atom. The van der Waals surface area contributed by atoms with Crippen LogP contribution in [0.15, 0.2) is 45.8 Å². The van der Waals surface area contributed by atoms with Crippen LogP contribution in [0.1, 0.15) is 5.56 Å². The van der Waals surface area contributed by atoms with Gasteiger partial charge in [0.2, 0.25) is 0 Å². The Hall–Kier alpha value is -2.03. The third kappa shape index (κ3) is 4.04. The second kappa shape index (κ2) is 8.55. The van der Waals surface area contributed by atoms with Gasteiger partial charge in [-0.15, -0.1) is 0 Å². The van der Waals surface area contributed by atoms with Gasteiger partial charge in [0, 0.05) is 19.8 Å². The first-order valence-corrected chi connectivity index (χ1v) is 10.3. The van der Waals surface area contributed by atoms with Crippen molar-refractivity contribution < 1.29 is 14.3 Å². The molecule has 0 atom stereocenters. The first-order chi connectivity index (χ1) is 13.3. The van der Waals surface area contributed by atoms with Crippen molar-refractivity contribution in [1.29, 1.82) is 0 Å². The minimum atomic E-state index is -0.140. The highest BCUT2D eigenvalue weighted by Crippen LogP contribution is 2.40. The van der Waals surface area contributed by atoms with Crippen LogP contribution in [0.25, 0.3) is 6.08 Å². The molecule has 0 radical (unpaired) electrons. The van der Waals surface area contributed by atoms with Crippen LogP contribution >= 0.6 is 39.9 Å². The maximum atomic E-state index is 13.0. The second-order valence-corrected chi connectivity index (χ2v) is 8.70. The highest BCUT2D eigenvalue weighted by Gasteiger charge is 2.33. The predicted molar refractivity (Wildman–Crippen MR) is 124 cm³/mol. The normalized spacial score (nSPS) is 15.3. The lowest BCUT2D eigenvalue weighted by atomic mass is 10.1. The number of halogens is 1. The lowest BCUT2D eigenvalue weighted by molar-refractivity contribution is -0.113. The number of thioether (sulfide) groups is 1. The van der Waals surface area contributed by atoms with Gasteiger partial charge in [0.15, 0.2) is 15.8 Å². The van der Waals surface area contributed by atoms with Crippen LogP contribution in [0.3, 0.4) is 0 Å². The fraction of sp³-hybridized carbons (Fsp3) is 0.200. The third-order valence-corrected chi connectivity index (χ3v) is 6.06. The van der Waals surface area contributed by atoms with E-state index in [1.165, 1.54) is 11.8 Å². The monoisotopic (exact) mass is 478 g/mol. The summed E-state index contributed by atoms with van der Waals surface area (Å²) < 4.78 is 12.0. The van der Waals surface area contributed by atoms with Gasteiger partial charge in [-0.25, -0.2) is 0 Å². The van der Waals surface area contributed by atoms with Crippen LogP contribution in [0.2, 0.25) is 0 Å². The molecule has 1 aliphatic heterocycles. The minimum Gasteiger partial charge on any atom is -0.493 e. The van der Waals surface area contributed by atoms with Crippen LogP contribution < -0.4 is 19.3 Å². The van der Waals surface area contributed by atoms with E-state index in [2.05, 4.69) is 15.9 Å². The molecule has 28 heavy (non-hydrogen) atoms. The van der Waals surface area contributed by atoms with Crippen LogP contribution in [0.5, 0.6) is 11.5 Å². The van der Waals surface area contributed by atoms with Crippen molar-refractivity contribution in [3.05, 3.63) is 51.3 Å². The maximum absolute atomic E-state index is 13.0. The Labute approximate surface area is 182 Å². The fourth-order valence-electron chi connectivity index (χ4n) is 2.76. The van der Waals surface area contributed by atoms with Gasteiger partial charge >= 0.3 is 0 Å². The minimum absolute atomic E-state index is 0.140. The number of methoxy groups -OCH3 is 2. The number of benzene rings is 2. The molecule has 0 saturated carbocycles. The van der Waals surface area contributed by atoms with Crippen molar-refractivity contribution in [2.45, 2.75) is 0 Å². The van der Waals surface area contributed by atoms with E-state index >= 15 is 0 Å². The molecule has 1 heterocycles. The number of hydrogen-bond donors (Lipinski definition) is 0. The van der Waals surface area contributed by atoms with Crippen molar-refractivity contribution in [2.75, 3.05) is 38.1 Å². The molecule has 0 unspecified atom stereocenters. The third-order valence-electron chi connectivity index (χ3n) is 4.17. The molecule has 2 aromatic carbocycles. The second-order valence-electron chi connectivity index (χ2n) is 6.17. The van der Waals surface area contributed by atoms with Gasteiger partial charge in [0.05, 0.1) is 29.3 Å². The molecule has 0 aromatic heterocycles. The van der Waals surface area contributed by atoms with Crippen molar-refractivity contribution in [1.82, 2.24) is 0 Å². The Balaban J connectivity index is 1.92. The van der Waals surface area contributed by atoms with Gasteiger partial charge < -0.3 is 14.4 Å². The number of thiocarbonyl (C=S) groups is 1. The average molecular weight is 479 g/mol. The van der Waals surface area contributed by atoms with Crippen molar-refractivity contribution in [3.63, 3.8) is 0 Å². The van der Waals surface area contributed by atoms with E-state index in [4.69, 9.17) is 21.7 Å². The zero-order chi connectivity index (χ0) is 20.4. The van der Waals surface area contributed by atoms with E-state index in [1.54, 1.807) is 25.2 Å². The summed E-state index contributed by atoms with van der Waals surface area (Å²) in [7, 11) is 7.09. The van der Waals surface area contributed by atoms with E-state index in [9.17, 15) is 4.79 Å². The quantitative estimate of drug-likeness (QED) is 0.447. The molecule has 5 nitrogen and oxygen atoms in total. The van der Waals surface area contributed by atoms with Crippen LogP contribution in [0, 0.1) is 0 Å². The predicted octanol–water partition coefficient (Wildman–Crippen LogP) is 4.94. The number of rotatable bonds is 5. The molecule has 1 saturated heterocycles. The summed E-state index contributed by atoms with van der Waals surface area (Å²) in [6.45, 7) is 0. The van der Waals surface area contributed by atoms with E-state index < -0.39 is 0 Å². The molecular formula is C20H19BrN2O3S2. The number of anilines is 2. The maximum Gasteiger partial charge on any atom is 0.270 e. The Morgan fingerprint density at radius 2 is 1.82 bits per heavy atom. The molecule has 1 amide bonds. The molecular weight excluding hydrogens is 460 g/mol. The summed E-state index contributed by atoms with van der Waals surface area (Å²) in [6.07, 6.45) is 1.81. The highest BCUT2D eigenvalue weighted by molar-refractivity contribution is 9.10. The molecule has 146 valence electrons. The summed E-state index contributed by atoms with van der Waals surface area (Å²) >= 11 is 10.2. The lowest BCUT2D eigenvalue weighted by Crippen LogP contribution is -2.27. The van der Waals surface area contributed by atoms with E-state index in [-0.39, 0.29) is 5.91 Å².